The highest BCUT2D eigenvalue weighted by Crippen LogP contribution is 2.35. The summed E-state index contributed by atoms with van der Waals surface area (Å²) in [4.78, 5) is 14.0. The van der Waals surface area contributed by atoms with Crippen molar-refractivity contribution in [2.24, 2.45) is 11.7 Å². The zero-order valence-corrected chi connectivity index (χ0v) is 10.2. The van der Waals surface area contributed by atoms with Crippen LogP contribution in [0.15, 0.2) is 0 Å². The third-order valence-electron chi connectivity index (χ3n) is 3.76. The molecule has 1 aliphatic carbocycles. The highest BCUT2D eigenvalue weighted by molar-refractivity contribution is 5.81. The van der Waals surface area contributed by atoms with Crippen LogP contribution >= 0.6 is 0 Å². The number of ether oxygens (including phenoxy) is 1. The Labute approximate surface area is 97.1 Å². The summed E-state index contributed by atoms with van der Waals surface area (Å²) in [6.45, 7) is 2.59. The molecule has 0 bridgehead atoms. The molecule has 3 unspecified atom stereocenters. The number of carbonyl (C=O) groups excluding carboxylic acids is 1. The fraction of sp³-hybridized carbons (Fsp3) is 0.917. The summed E-state index contributed by atoms with van der Waals surface area (Å²) in [5.41, 5.74) is 5.74. The Kier molecular flexibility index (Phi) is 3.50. The van der Waals surface area contributed by atoms with Gasteiger partial charge in [-0.05, 0) is 38.5 Å². The maximum absolute atomic E-state index is 12.2. The van der Waals surface area contributed by atoms with E-state index in [4.69, 9.17) is 10.5 Å². The minimum absolute atomic E-state index is 0.117. The SMILES string of the molecule is CC1CCC(C(=O)N(C)C(CN)C2CC2)O1. The molecule has 1 saturated heterocycles. The monoisotopic (exact) mass is 226 g/mol. The zero-order chi connectivity index (χ0) is 11.7. The van der Waals surface area contributed by atoms with Gasteiger partial charge in [-0.3, -0.25) is 4.79 Å². The molecule has 3 atom stereocenters. The quantitative estimate of drug-likeness (QED) is 0.769. The van der Waals surface area contributed by atoms with Crippen LogP contribution in [0, 0.1) is 5.92 Å². The molecule has 4 nitrogen and oxygen atoms in total. The van der Waals surface area contributed by atoms with Crippen molar-refractivity contribution in [3.8, 4) is 0 Å². The van der Waals surface area contributed by atoms with Crippen LogP contribution in [-0.4, -0.2) is 42.6 Å². The van der Waals surface area contributed by atoms with Gasteiger partial charge >= 0.3 is 0 Å². The summed E-state index contributed by atoms with van der Waals surface area (Å²) >= 11 is 0. The summed E-state index contributed by atoms with van der Waals surface area (Å²) in [6, 6.07) is 0.215. The third-order valence-corrected chi connectivity index (χ3v) is 3.76. The molecule has 2 fully saturated rings. The fourth-order valence-corrected chi connectivity index (χ4v) is 2.52. The Bertz CT molecular complexity index is 266. The van der Waals surface area contributed by atoms with E-state index in [1.165, 1.54) is 12.8 Å². The minimum atomic E-state index is -0.229. The van der Waals surface area contributed by atoms with Gasteiger partial charge in [0, 0.05) is 19.6 Å². The van der Waals surface area contributed by atoms with Gasteiger partial charge < -0.3 is 15.4 Å². The van der Waals surface area contributed by atoms with Crippen molar-refractivity contribution in [2.75, 3.05) is 13.6 Å². The van der Waals surface area contributed by atoms with Crippen molar-refractivity contribution in [3.05, 3.63) is 0 Å². The van der Waals surface area contributed by atoms with Crippen molar-refractivity contribution in [1.29, 1.82) is 0 Å². The average molecular weight is 226 g/mol. The molecule has 1 heterocycles. The van der Waals surface area contributed by atoms with Gasteiger partial charge in [-0.2, -0.15) is 0 Å². The molecule has 2 N–H and O–H groups in total. The topological polar surface area (TPSA) is 55.6 Å². The Hall–Kier alpha value is -0.610. The third kappa shape index (κ3) is 2.38. The molecule has 4 heteroatoms. The second-order valence-corrected chi connectivity index (χ2v) is 5.10. The zero-order valence-electron chi connectivity index (χ0n) is 10.2. The van der Waals surface area contributed by atoms with Gasteiger partial charge in [-0.1, -0.05) is 0 Å². The molecule has 16 heavy (non-hydrogen) atoms. The normalized spacial score (nSPS) is 31.4. The Morgan fingerprint density at radius 3 is 2.56 bits per heavy atom. The van der Waals surface area contributed by atoms with Crippen LogP contribution in [0.4, 0.5) is 0 Å². The highest BCUT2D eigenvalue weighted by Gasteiger charge is 2.38. The summed E-state index contributed by atoms with van der Waals surface area (Å²) < 4.78 is 5.61. The first kappa shape index (κ1) is 11.9. The van der Waals surface area contributed by atoms with Gasteiger partial charge in [0.05, 0.1) is 6.10 Å². The summed E-state index contributed by atoms with van der Waals surface area (Å²) in [7, 11) is 1.87. The Morgan fingerprint density at radius 2 is 2.12 bits per heavy atom. The fourth-order valence-electron chi connectivity index (χ4n) is 2.52. The lowest BCUT2D eigenvalue weighted by Gasteiger charge is -2.29. The molecular formula is C12H22N2O2. The second-order valence-electron chi connectivity index (χ2n) is 5.10. The van der Waals surface area contributed by atoms with Gasteiger partial charge in [-0.25, -0.2) is 0 Å². The van der Waals surface area contributed by atoms with Crippen molar-refractivity contribution >= 4 is 5.91 Å². The van der Waals surface area contributed by atoms with E-state index in [1.54, 1.807) is 0 Å². The molecule has 0 aromatic heterocycles. The lowest BCUT2D eigenvalue weighted by molar-refractivity contribution is -0.143. The molecule has 1 amide bonds. The highest BCUT2D eigenvalue weighted by atomic mass is 16.5. The number of rotatable bonds is 4. The number of hydrogen-bond acceptors (Lipinski definition) is 3. The standard InChI is InChI=1S/C12H22N2O2/c1-8-3-6-11(16-8)12(15)14(2)10(7-13)9-4-5-9/h8-11H,3-7,13H2,1-2H3. The van der Waals surface area contributed by atoms with Crippen molar-refractivity contribution in [3.63, 3.8) is 0 Å². The summed E-state index contributed by atoms with van der Waals surface area (Å²) in [5, 5.41) is 0. The largest absolute Gasteiger partial charge is 0.365 e. The lowest BCUT2D eigenvalue weighted by Crippen LogP contribution is -2.47. The lowest BCUT2D eigenvalue weighted by atomic mass is 10.1. The number of hydrogen-bond donors (Lipinski definition) is 1. The molecule has 2 aliphatic rings. The number of nitrogens with two attached hydrogens (primary N) is 1. The molecule has 0 aromatic carbocycles. The second kappa shape index (κ2) is 4.72. The molecule has 1 saturated carbocycles. The van der Waals surface area contributed by atoms with Crippen LogP contribution in [0.25, 0.3) is 0 Å². The summed E-state index contributed by atoms with van der Waals surface area (Å²) in [6.07, 6.45) is 4.25. The number of carbonyl (C=O) groups is 1. The molecule has 0 radical (unpaired) electrons. The number of amides is 1. The average Bonchev–Trinajstić information content (AvgIpc) is 3.00. The Morgan fingerprint density at radius 1 is 1.44 bits per heavy atom. The van der Waals surface area contributed by atoms with Crippen LogP contribution in [0.5, 0.6) is 0 Å². The minimum Gasteiger partial charge on any atom is -0.365 e. The van der Waals surface area contributed by atoms with E-state index in [0.29, 0.717) is 12.5 Å². The molecule has 1 aliphatic heterocycles. The van der Waals surface area contributed by atoms with Crippen molar-refractivity contribution in [1.82, 2.24) is 4.90 Å². The maximum atomic E-state index is 12.2. The van der Waals surface area contributed by atoms with E-state index in [0.717, 1.165) is 12.8 Å². The van der Waals surface area contributed by atoms with E-state index >= 15 is 0 Å². The number of likely N-dealkylation sites (N-methyl/N-ethyl adjacent to an activating group) is 1. The van der Waals surface area contributed by atoms with Crippen LogP contribution in [0.2, 0.25) is 0 Å². The summed E-state index contributed by atoms with van der Waals surface area (Å²) in [5.74, 6) is 0.740. The van der Waals surface area contributed by atoms with E-state index in [9.17, 15) is 4.79 Å². The van der Waals surface area contributed by atoms with Gasteiger partial charge in [0.25, 0.3) is 5.91 Å². The van der Waals surface area contributed by atoms with Crippen LogP contribution in [-0.2, 0) is 9.53 Å². The van der Waals surface area contributed by atoms with E-state index < -0.39 is 0 Å². The van der Waals surface area contributed by atoms with Crippen LogP contribution in [0.1, 0.15) is 32.6 Å². The molecule has 0 spiro atoms. The van der Waals surface area contributed by atoms with Gasteiger partial charge in [0.1, 0.15) is 6.10 Å². The van der Waals surface area contributed by atoms with Gasteiger partial charge in [0.15, 0.2) is 0 Å². The molecule has 2 rings (SSSR count). The van der Waals surface area contributed by atoms with Crippen LogP contribution < -0.4 is 5.73 Å². The van der Waals surface area contributed by atoms with Gasteiger partial charge in [-0.15, -0.1) is 0 Å². The predicted molar refractivity (Wildman–Crippen MR) is 61.9 cm³/mol. The van der Waals surface area contributed by atoms with Crippen molar-refractivity contribution < 1.29 is 9.53 Å². The van der Waals surface area contributed by atoms with E-state index in [-0.39, 0.29) is 24.2 Å². The maximum Gasteiger partial charge on any atom is 0.251 e. The first-order chi connectivity index (χ1) is 7.63. The van der Waals surface area contributed by atoms with E-state index in [2.05, 4.69) is 0 Å². The molecule has 92 valence electrons. The molecular weight excluding hydrogens is 204 g/mol. The first-order valence-corrected chi connectivity index (χ1v) is 6.25. The smallest absolute Gasteiger partial charge is 0.251 e. The van der Waals surface area contributed by atoms with Crippen molar-refractivity contribution in [2.45, 2.75) is 50.9 Å². The first-order valence-electron chi connectivity index (χ1n) is 6.25. The number of nitrogens with zero attached hydrogens (tertiary/aromatic N) is 1. The van der Waals surface area contributed by atoms with Crippen LogP contribution in [0.3, 0.4) is 0 Å². The van der Waals surface area contributed by atoms with Gasteiger partial charge in [0.2, 0.25) is 0 Å². The Balaban J connectivity index is 1.92. The van der Waals surface area contributed by atoms with E-state index in [1.807, 2.05) is 18.9 Å². The molecule has 0 aromatic rings. The predicted octanol–water partition coefficient (Wildman–Crippen LogP) is 0.750.